The van der Waals surface area contributed by atoms with Crippen LogP contribution in [-0.2, 0) is 4.79 Å². The number of rotatable bonds is 6. The largest absolute Gasteiger partial charge is 0.396 e. The SMILES string of the molecule is CCC(CC)(CO)CNC(=O)C1CCCC1(C)C. The van der Waals surface area contributed by atoms with Gasteiger partial charge < -0.3 is 10.4 Å². The van der Waals surface area contributed by atoms with Gasteiger partial charge in [0.1, 0.15) is 0 Å². The zero-order valence-electron chi connectivity index (χ0n) is 12.4. The van der Waals surface area contributed by atoms with E-state index >= 15 is 0 Å². The molecule has 1 amide bonds. The molecule has 1 saturated carbocycles. The van der Waals surface area contributed by atoms with Crippen molar-refractivity contribution in [1.82, 2.24) is 5.32 Å². The van der Waals surface area contributed by atoms with Crippen molar-refractivity contribution in [3.05, 3.63) is 0 Å². The highest BCUT2D eigenvalue weighted by Crippen LogP contribution is 2.42. The fourth-order valence-corrected chi connectivity index (χ4v) is 2.99. The van der Waals surface area contributed by atoms with Crippen LogP contribution in [0.1, 0.15) is 59.8 Å². The van der Waals surface area contributed by atoms with Gasteiger partial charge in [0, 0.05) is 17.9 Å². The van der Waals surface area contributed by atoms with Crippen LogP contribution in [-0.4, -0.2) is 24.2 Å². The molecule has 1 fully saturated rings. The molecule has 1 unspecified atom stereocenters. The number of aliphatic hydroxyl groups excluding tert-OH is 1. The summed E-state index contributed by atoms with van der Waals surface area (Å²) in [6.07, 6.45) is 5.08. The summed E-state index contributed by atoms with van der Waals surface area (Å²) in [7, 11) is 0. The van der Waals surface area contributed by atoms with Gasteiger partial charge in [0.2, 0.25) is 5.91 Å². The molecule has 0 spiro atoms. The first-order valence-electron chi connectivity index (χ1n) is 7.29. The Morgan fingerprint density at radius 2 is 2.00 bits per heavy atom. The molecule has 2 N–H and O–H groups in total. The first-order valence-corrected chi connectivity index (χ1v) is 7.29. The van der Waals surface area contributed by atoms with Gasteiger partial charge >= 0.3 is 0 Å². The maximum absolute atomic E-state index is 12.3. The van der Waals surface area contributed by atoms with Gasteiger partial charge in [-0.05, 0) is 31.1 Å². The van der Waals surface area contributed by atoms with Crippen molar-refractivity contribution in [2.24, 2.45) is 16.7 Å². The first-order chi connectivity index (χ1) is 8.40. The second-order valence-electron chi connectivity index (χ2n) is 6.52. The van der Waals surface area contributed by atoms with Crippen LogP contribution in [0.15, 0.2) is 0 Å². The van der Waals surface area contributed by atoms with E-state index in [4.69, 9.17) is 0 Å². The Balaban J connectivity index is 2.55. The van der Waals surface area contributed by atoms with Gasteiger partial charge in [0.15, 0.2) is 0 Å². The van der Waals surface area contributed by atoms with Crippen LogP contribution in [0.25, 0.3) is 0 Å². The molecule has 0 aromatic heterocycles. The van der Waals surface area contributed by atoms with Crippen LogP contribution in [0.3, 0.4) is 0 Å². The second kappa shape index (κ2) is 6.05. The van der Waals surface area contributed by atoms with Crippen LogP contribution in [0.2, 0.25) is 0 Å². The molecular formula is C15H29NO2. The van der Waals surface area contributed by atoms with Gasteiger partial charge in [-0.25, -0.2) is 0 Å². The van der Waals surface area contributed by atoms with Crippen molar-refractivity contribution in [1.29, 1.82) is 0 Å². The summed E-state index contributed by atoms with van der Waals surface area (Å²) >= 11 is 0. The average molecular weight is 255 g/mol. The molecule has 0 heterocycles. The second-order valence-corrected chi connectivity index (χ2v) is 6.52. The number of carbonyl (C=O) groups is 1. The van der Waals surface area contributed by atoms with E-state index < -0.39 is 0 Å². The zero-order valence-corrected chi connectivity index (χ0v) is 12.4. The minimum atomic E-state index is -0.140. The van der Waals surface area contributed by atoms with Crippen LogP contribution >= 0.6 is 0 Å². The highest BCUT2D eigenvalue weighted by molar-refractivity contribution is 5.79. The highest BCUT2D eigenvalue weighted by atomic mass is 16.3. The number of hydrogen-bond acceptors (Lipinski definition) is 2. The molecule has 0 aromatic carbocycles. The summed E-state index contributed by atoms with van der Waals surface area (Å²) in [5.41, 5.74) is -0.0111. The number of carbonyl (C=O) groups excluding carboxylic acids is 1. The molecule has 18 heavy (non-hydrogen) atoms. The number of aliphatic hydroxyl groups is 1. The molecule has 0 aromatic rings. The van der Waals surface area contributed by atoms with Gasteiger partial charge in [-0.2, -0.15) is 0 Å². The summed E-state index contributed by atoms with van der Waals surface area (Å²) in [5.74, 6) is 0.319. The third kappa shape index (κ3) is 3.25. The number of hydrogen-bond donors (Lipinski definition) is 2. The first kappa shape index (κ1) is 15.5. The maximum atomic E-state index is 12.3. The van der Waals surface area contributed by atoms with Gasteiger partial charge in [0.25, 0.3) is 0 Å². The lowest BCUT2D eigenvalue weighted by Crippen LogP contribution is -2.43. The molecule has 0 aliphatic heterocycles. The fourth-order valence-electron chi connectivity index (χ4n) is 2.99. The Labute approximate surface area is 111 Å². The van der Waals surface area contributed by atoms with Crippen molar-refractivity contribution in [2.45, 2.75) is 59.8 Å². The Morgan fingerprint density at radius 3 is 2.39 bits per heavy atom. The topological polar surface area (TPSA) is 49.3 Å². The van der Waals surface area contributed by atoms with E-state index in [2.05, 4.69) is 33.0 Å². The normalized spacial score (nSPS) is 23.1. The lowest BCUT2D eigenvalue weighted by Gasteiger charge is -2.32. The fraction of sp³-hybridized carbons (Fsp3) is 0.933. The van der Waals surface area contributed by atoms with Crippen LogP contribution in [0.4, 0.5) is 0 Å². The molecule has 0 radical (unpaired) electrons. The van der Waals surface area contributed by atoms with Crippen LogP contribution < -0.4 is 5.32 Å². The Bertz CT molecular complexity index is 274. The summed E-state index contributed by atoms with van der Waals surface area (Å²) in [5, 5.41) is 12.6. The minimum Gasteiger partial charge on any atom is -0.396 e. The lowest BCUT2D eigenvalue weighted by molar-refractivity contribution is -0.128. The van der Waals surface area contributed by atoms with Gasteiger partial charge in [-0.3, -0.25) is 4.79 Å². The average Bonchev–Trinajstić information content (AvgIpc) is 2.71. The van der Waals surface area contributed by atoms with Crippen LogP contribution in [0, 0.1) is 16.7 Å². The maximum Gasteiger partial charge on any atom is 0.223 e. The quantitative estimate of drug-likeness (QED) is 0.766. The molecule has 3 heteroatoms. The third-order valence-electron chi connectivity index (χ3n) is 5.05. The molecule has 1 aliphatic carbocycles. The summed E-state index contributed by atoms with van der Waals surface area (Å²) in [6.45, 7) is 9.26. The van der Waals surface area contributed by atoms with E-state index in [1.807, 2.05) is 0 Å². The minimum absolute atomic E-state index is 0.129. The molecular weight excluding hydrogens is 226 g/mol. The van der Waals surface area contributed by atoms with Crippen molar-refractivity contribution in [3.63, 3.8) is 0 Å². The molecule has 0 saturated heterocycles. The van der Waals surface area contributed by atoms with Crippen molar-refractivity contribution < 1.29 is 9.90 Å². The smallest absolute Gasteiger partial charge is 0.223 e. The molecule has 106 valence electrons. The van der Waals surface area contributed by atoms with E-state index in [9.17, 15) is 9.90 Å². The summed E-state index contributed by atoms with van der Waals surface area (Å²) < 4.78 is 0. The highest BCUT2D eigenvalue weighted by Gasteiger charge is 2.39. The predicted molar refractivity (Wildman–Crippen MR) is 74.2 cm³/mol. The van der Waals surface area contributed by atoms with Gasteiger partial charge in [-0.15, -0.1) is 0 Å². The zero-order chi connectivity index (χ0) is 13.8. The van der Waals surface area contributed by atoms with Crippen molar-refractivity contribution >= 4 is 5.91 Å². The number of nitrogens with one attached hydrogen (secondary N) is 1. The molecule has 3 nitrogen and oxygen atoms in total. The Kier molecular flexibility index (Phi) is 5.20. The van der Waals surface area contributed by atoms with Crippen molar-refractivity contribution in [3.8, 4) is 0 Å². The van der Waals surface area contributed by atoms with E-state index in [0.717, 1.165) is 32.1 Å². The molecule has 1 aliphatic rings. The van der Waals surface area contributed by atoms with Gasteiger partial charge in [-0.1, -0.05) is 34.1 Å². The van der Waals surface area contributed by atoms with E-state index in [-0.39, 0.29) is 29.3 Å². The predicted octanol–water partition coefficient (Wildman–Crippen LogP) is 2.73. The Hall–Kier alpha value is -0.570. The van der Waals surface area contributed by atoms with E-state index in [1.54, 1.807) is 0 Å². The van der Waals surface area contributed by atoms with E-state index in [1.165, 1.54) is 0 Å². The van der Waals surface area contributed by atoms with Crippen molar-refractivity contribution in [2.75, 3.05) is 13.2 Å². The Morgan fingerprint density at radius 1 is 1.39 bits per heavy atom. The standard InChI is InChI=1S/C15H29NO2/c1-5-15(6-2,11-17)10-16-13(18)12-8-7-9-14(12,3)4/h12,17H,5-11H2,1-4H3,(H,16,18). The lowest BCUT2D eigenvalue weighted by atomic mass is 9.80. The molecule has 1 rings (SSSR count). The van der Waals surface area contributed by atoms with E-state index in [0.29, 0.717) is 6.54 Å². The summed E-state index contributed by atoms with van der Waals surface area (Å²) in [6, 6.07) is 0. The third-order valence-corrected chi connectivity index (χ3v) is 5.05. The summed E-state index contributed by atoms with van der Waals surface area (Å²) in [4.78, 5) is 12.3. The monoisotopic (exact) mass is 255 g/mol. The molecule has 0 bridgehead atoms. The van der Waals surface area contributed by atoms with Crippen LogP contribution in [0.5, 0.6) is 0 Å². The number of amides is 1. The molecule has 1 atom stereocenters. The van der Waals surface area contributed by atoms with Gasteiger partial charge in [0.05, 0.1) is 6.61 Å².